The van der Waals surface area contributed by atoms with Gasteiger partial charge in [0.25, 0.3) is 0 Å². The molecule has 1 aliphatic heterocycles. The second-order valence-corrected chi connectivity index (χ2v) is 17.9. The second-order valence-electron chi connectivity index (χ2n) is 16.5. The van der Waals surface area contributed by atoms with Gasteiger partial charge >= 0.3 is 19.8 Å². The first-order valence-corrected chi connectivity index (χ1v) is 24.8. The highest BCUT2D eigenvalue weighted by atomic mass is 31.2. The number of phosphoric acid groups is 1. The molecule has 2 bridgehead atoms. The van der Waals surface area contributed by atoms with Crippen molar-refractivity contribution < 1.29 is 78.4 Å². The highest BCUT2D eigenvalue weighted by Crippen LogP contribution is 2.47. The molecular formula is C49H77O16P. The van der Waals surface area contributed by atoms with E-state index in [0.717, 1.165) is 44.9 Å². The SMILES string of the molecule is CC/C=C\C/C=C\C/C=C\C/C=C\C/C=C\C/C=C\CCC(=O)OC[C@@H]1COP(=O)(O)O[C@H]2[C@H](O)[C@@H](O)[C@H](O)[C@H](C/C=C\CC(=O)O1)[C@@H](O)C[C@@H](O)[C@H](/C=C\[C@H](O)CCCCC)[C@@H](O)[C@H]2O. The maximum absolute atomic E-state index is 13.4. The molecule has 1 aliphatic carbocycles. The zero-order valence-corrected chi connectivity index (χ0v) is 39.4. The van der Waals surface area contributed by atoms with E-state index in [0.29, 0.717) is 25.7 Å². The topological polar surface area (TPSA) is 270 Å². The zero-order chi connectivity index (χ0) is 48.7. The summed E-state index contributed by atoms with van der Waals surface area (Å²) in [6.45, 7) is 2.60. The van der Waals surface area contributed by atoms with Gasteiger partial charge < -0.3 is 55.2 Å². The first-order valence-electron chi connectivity index (χ1n) is 23.3. The van der Waals surface area contributed by atoms with Crippen LogP contribution in [-0.4, -0.2) is 132 Å². The van der Waals surface area contributed by atoms with Gasteiger partial charge in [-0.2, -0.15) is 0 Å². The lowest BCUT2D eigenvalue weighted by atomic mass is 9.83. The van der Waals surface area contributed by atoms with Crippen LogP contribution in [0.5, 0.6) is 0 Å². The molecule has 2 aliphatic rings. The summed E-state index contributed by atoms with van der Waals surface area (Å²) in [6.07, 6.45) is 17.9. The number of carbonyl (C=O) groups excluding carboxylic acids is 2. The van der Waals surface area contributed by atoms with E-state index in [-0.39, 0.29) is 19.3 Å². The minimum absolute atomic E-state index is 0.0301. The Balaban J connectivity index is 2.09. The average Bonchev–Trinajstić information content (AvgIpc) is 3.28. The molecular weight excluding hydrogens is 875 g/mol. The molecule has 0 aromatic carbocycles. The maximum Gasteiger partial charge on any atom is 0.472 e. The van der Waals surface area contributed by atoms with Crippen molar-refractivity contribution in [2.75, 3.05) is 13.2 Å². The lowest BCUT2D eigenvalue weighted by molar-refractivity contribution is -0.167. The number of carbonyl (C=O) groups is 2. The molecule has 13 atom stereocenters. The molecule has 374 valence electrons. The number of phosphoric ester groups is 1. The van der Waals surface area contributed by atoms with Crippen molar-refractivity contribution in [1.82, 2.24) is 0 Å². The quantitative estimate of drug-likeness (QED) is 0.0283. The van der Waals surface area contributed by atoms with Gasteiger partial charge in [-0.1, -0.05) is 130 Å². The van der Waals surface area contributed by atoms with Crippen molar-refractivity contribution in [2.24, 2.45) is 11.8 Å². The van der Waals surface area contributed by atoms with E-state index in [2.05, 4.69) is 55.5 Å². The number of hydrogen-bond acceptors (Lipinski definition) is 15. The van der Waals surface area contributed by atoms with Crippen LogP contribution in [0.1, 0.15) is 110 Å². The van der Waals surface area contributed by atoms with E-state index in [4.69, 9.17) is 18.5 Å². The van der Waals surface area contributed by atoms with E-state index in [1.54, 1.807) is 0 Å². The summed E-state index contributed by atoms with van der Waals surface area (Å²) in [5.41, 5.74) is 0. The summed E-state index contributed by atoms with van der Waals surface area (Å²) in [4.78, 5) is 36.3. The number of aliphatic hydroxyl groups excluding tert-OH is 8. The van der Waals surface area contributed by atoms with Gasteiger partial charge in [-0.3, -0.25) is 18.6 Å². The van der Waals surface area contributed by atoms with E-state index in [9.17, 15) is 59.9 Å². The van der Waals surface area contributed by atoms with E-state index in [1.165, 1.54) is 24.3 Å². The predicted molar refractivity (Wildman–Crippen MR) is 250 cm³/mol. The Labute approximate surface area is 390 Å². The van der Waals surface area contributed by atoms with Crippen LogP contribution in [0.25, 0.3) is 0 Å². The van der Waals surface area contributed by atoms with Gasteiger partial charge in [-0.05, 0) is 57.8 Å². The molecule has 66 heavy (non-hydrogen) atoms. The van der Waals surface area contributed by atoms with Crippen molar-refractivity contribution in [3.05, 3.63) is 97.2 Å². The Kier molecular flexibility index (Phi) is 30.3. The molecule has 0 aromatic heterocycles. The molecule has 16 nitrogen and oxygen atoms in total. The second kappa shape index (κ2) is 34.0. The first kappa shape index (κ1) is 58.8. The Hall–Kier alpha value is -3.35. The highest BCUT2D eigenvalue weighted by molar-refractivity contribution is 7.47. The van der Waals surface area contributed by atoms with Crippen molar-refractivity contribution in [2.45, 2.75) is 171 Å². The fourth-order valence-electron chi connectivity index (χ4n) is 7.17. The summed E-state index contributed by atoms with van der Waals surface area (Å²) >= 11 is 0. The Morgan fingerprint density at radius 3 is 1.94 bits per heavy atom. The highest BCUT2D eigenvalue weighted by Gasteiger charge is 2.49. The lowest BCUT2D eigenvalue weighted by Gasteiger charge is -2.37. The molecule has 17 heteroatoms. The molecule has 0 amide bonds. The summed E-state index contributed by atoms with van der Waals surface area (Å²) in [5.74, 6) is -4.37. The summed E-state index contributed by atoms with van der Waals surface area (Å²) in [7, 11) is -5.45. The van der Waals surface area contributed by atoms with E-state index >= 15 is 0 Å². The van der Waals surface area contributed by atoms with Crippen LogP contribution in [-0.2, 0) is 32.7 Å². The fourth-order valence-corrected chi connectivity index (χ4v) is 8.14. The number of allylic oxidation sites excluding steroid dienone is 13. The van der Waals surface area contributed by atoms with Gasteiger partial charge in [0.1, 0.15) is 31.0 Å². The molecule has 0 spiro atoms. The van der Waals surface area contributed by atoms with Crippen LogP contribution < -0.4 is 0 Å². The first-order chi connectivity index (χ1) is 31.6. The molecule has 2 rings (SSSR count). The molecule has 1 fully saturated rings. The summed E-state index contributed by atoms with van der Waals surface area (Å²) in [5, 5.41) is 89.4. The minimum atomic E-state index is -5.45. The number of ether oxygens (including phenoxy) is 2. The Morgan fingerprint density at radius 1 is 0.773 bits per heavy atom. The lowest BCUT2D eigenvalue weighted by Crippen LogP contribution is -2.55. The number of cyclic esters (lactones) is 1. The summed E-state index contributed by atoms with van der Waals surface area (Å²) < 4.78 is 34.3. The predicted octanol–water partition coefficient (Wildman–Crippen LogP) is 5.43. The third-order valence-electron chi connectivity index (χ3n) is 11.0. The molecule has 1 saturated carbocycles. The number of fused-ring (bicyclic) bond motifs is 4. The third-order valence-corrected chi connectivity index (χ3v) is 12.0. The minimum Gasteiger partial charge on any atom is -0.462 e. The molecule has 9 N–H and O–H groups in total. The van der Waals surface area contributed by atoms with Gasteiger partial charge in [0, 0.05) is 24.7 Å². The van der Waals surface area contributed by atoms with Gasteiger partial charge in [0.2, 0.25) is 0 Å². The number of rotatable bonds is 22. The van der Waals surface area contributed by atoms with Crippen LogP contribution in [0.15, 0.2) is 97.2 Å². The fraction of sp³-hybridized carbons (Fsp3) is 0.633. The van der Waals surface area contributed by atoms with Crippen LogP contribution >= 0.6 is 7.82 Å². The molecule has 0 aromatic rings. The van der Waals surface area contributed by atoms with Gasteiger partial charge in [0.05, 0.1) is 43.5 Å². The number of aliphatic hydroxyl groups is 8. The monoisotopic (exact) mass is 952 g/mol. The number of unbranched alkanes of at least 4 members (excludes halogenated alkanes) is 2. The van der Waals surface area contributed by atoms with Crippen molar-refractivity contribution >= 4 is 19.8 Å². The standard InChI is InChI=1S/C49H77O16P/c1-3-5-7-8-9-10-11-12-13-14-15-16-17-18-19-20-21-22-24-29-42(53)62-34-37-35-63-66(60,61)65-49-47(58)45(56)39(32-31-36(50)27-23-6-4-2)41(52)33-40(51)38(44(55)46(57)48(49)59)28-25-26-30-43(54)64-37/h5,7,9-10,12-13,15-16,18-19,21-22,25-26,31-32,36-41,44-52,55-59H,3-4,6,8,11,14,17,20,23-24,27-30,33-35H2,1-2H3,(H,60,61)/b7-5-,10-9-,13-12-,16-15-,19-18-,22-21-,26-25-,32-31-/t36-,37-,38-,39+,40+,41-,44-,45-,46+,47-,48-,49-/m1/s1. The Morgan fingerprint density at radius 2 is 1.35 bits per heavy atom. The molecule has 0 saturated heterocycles. The van der Waals surface area contributed by atoms with Gasteiger partial charge in [-0.25, -0.2) is 4.57 Å². The van der Waals surface area contributed by atoms with Crippen molar-refractivity contribution in [3.63, 3.8) is 0 Å². The third kappa shape index (κ3) is 24.1. The smallest absolute Gasteiger partial charge is 0.462 e. The largest absolute Gasteiger partial charge is 0.472 e. The normalized spacial score (nSPS) is 32.4. The average molecular weight is 953 g/mol. The van der Waals surface area contributed by atoms with Crippen molar-refractivity contribution in [3.8, 4) is 0 Å². The van der Waals surface area contributed by atoms with Gasteiger partial charge in [0.15, 0.2) is 6.10 Å². The maximum atomic E-state index is 13.4. The number of esters is 2. The van der Waals surface area contributed by atoms with E-state index in [1.807, 2.05) is 31.2 Å². The molecule has 1 unspecified atom stereocenters. The molecule has 1 heterocycles. The Bertz CT molecular complexity index is 1650. The molecule has 0 radical (unpaired) electrons. The van der Waals surface area contributed by atoms with Crippen LogP contribution in [0.4, 0.5) is 0 Å². The van der Waals surface area contributed by atoms with Crippen LogP contribution in [0.3, 0.4) is 0 Å². The van der Waals surface area contributed by atoms with Crippen LogP contribution in [0, 0.1) is 11.8 Å². The summed E-state index contributed by atoms with van der Waals surface area (Å²) in [6, 6.07) is 0. The number of hydrogen-bond donors (Lipinski definition) is 9. The zero-order valence-electron chi connectivity index (χ0n) is 38.5. The van der Waals surface area contributed by atoms with Crippen LogP contribution in [0.2, 0.25) is 0 Å². The van der Waals surface area contributed by atoms with Crippen molar-refractivity contribution in [1.29, 1.82) is 0 Å². The van der Waals surface area contributed by atoms with E-state index < -0.39 is 112 Å². The van der Waals surface area contributed by atoms with Gasteiger partial charge in [-0.15, -0.1) is 0 Å².